The predicted molar refractivity (Wildman–Crippen MR) is 71.4 cm³/mol. The average molecular weight is 331 g/mol. The number of aromatic nitrogens is 2. The Labute approximate surface area is 107 Å². The summed E-state index contributed by atoms with van der Waals surface area (Å²) in [6.45, 7) is -0.624. The minimum atomic E-state index is -0.624. The normalized spacial score (nSPS) is 10.8. The predicted octanol–water partition coefficient (Wildman–Crippen LogP) is 2.77. The Balaban J connectivity index is 2.65. The highest BCUT2D eigenvalue weighted by Gasteiger charge is 2.06. The summed E-state index contributed by atoms with van der Waals surface area (Å²) >= 11 is 2.11. The molecule has 3 nitrogen and oxygen atoms in total. The number of benzene rings is 1. The van der Waals surface area contributed by atoms with Crippen LogP contribution in [-0.2, 0) is 6.67 Å². The van der Waals surface area contributed by atoms with E-state index in [1.807, 2.05) is 37.2 Å². The van der Waals surface area contributed by atoms with Crippen molar-refractivity contribution in [2.75, 3.05) is 19.0 Å². The van der Waals surface area contributed by atoms with Gasteiger partial charge in [0.1, 0.15) is 10.4 Å². The molecule has 1 heterocycles. The fourth-order valence-corrected chi connectivity index (χ4v) is 2.17. The molecule has 84 valence electrons. The van der Waals surface area contributed by atoms with Crippen LogP contribution in [0.4, 0.5) is 10.1 Å². The van der Waals surface area contributed by atoms with E-state index < -0.39 is 6.67 Å². The zero-order valence-electron chi connectivity index (χ0n) is 9.04. The van der Waals surface area contributed by atoms with Gasteiger partial charge in [-0.15, -0.1) is 0 Å². The Morgan fingerprint density at radius 2 is 2.06 bits per heavy atom. The Morgan fingerprint density at radius 1 is 1.31 bits per heavy atom. The van der Waals surface area contributed by atoms with Crippen molar-refractivity contribution in [3.8, 4) is 0 Å². The van der Waals surface area contributed by atoms with Crippen LogP contribution < -0.4 is 4.90 Å². The Bertz CT molecular complexity index is 528. The van der Waals surface area contributed by atoms with Crippen LogP contribution in [0.25, 0.3) is 10.9 Å². The molecule has 1 aromatic heterocycles. The summed E-state index contributed by atoms with van der Waals surface area (Å²) in [6.07, 6.45) is 0. The molecule has 2 aromatic rings. The highest BCUT2D eigenvalue weighted by atomic mass is 127. The summed E-state index contributed by atoms with van der Waals surface area (Å²) in [5, 5.41) is 0.962. The minimum Gasteiger partial charge on any atom is -0.378 e. The van der Waals surface area contributed by atoms with E-state index in [2.05, 4.69) is 32.6 Å². The smallest absolute Gasteiger partial charge is 0.161 e. The third-order valence-electron chi connectivity index (χ3n) is 2.32. The van der Waals surface area contributed by atoms with Crippen LogP contribution >= 0.6 is 22.6 Å². The number of alkyl halides is 1. The summed E-state index contributed by atoms with van der Waals surface area (Å²) in [5.41, 5.74) is 1.87. The second kappa shape index (κ2) is 4.48. The first-order valence-corrected chi connectivity index (χ1v) is 5.89. The van der Waals surface area contributed by atoms with E-state index in [9.17, 15) is 4.39 Å². The summed E-state index contributed by atoms with van der Waals surface area (Å²) < 4.78 is 13.3. The van der Waals surface area contributed by atoms with E-state index in [-0.39, 0.29) is 5.82 Å². The summed E-state index contributed by atoms with van der Waals surface area (Å²) in [4.78, 5) is 10.3. The third kappa shape index (κ3) is 2.09. The Hall–Kier alpha value is -0.980. The van der Waals surface area contributed by atoms with Gasteiger partial charge in [0.05, 0.1) is 5.52 Å². The molecule has 0 saturated carbocycles. The van der Waals surface area contributed by atoms with Crippen LogP contribution in [-0.4, -0.2) is 24.1 Å². The molecule has 16 heavy (non-hydrogen) atoms. The van der Waals surface area contributed by atoms with Gasteiger partial charge in [0.15, 0.2) is 5.82 Å². The second-order valence-corrected chi connectivity index (χ2v) is 4.68. The first-order chi connectivity index (χ1) is 7.61. The molecular formula is C11H11FIN3. The first kappa shape index (κ1) is 11.5. The third-order valence-corrected chi connectivity index (χ3v) is 3.14. The maximum absolute atomic E-state index is 12.5. The SMILES string of the molecule is CN(C)c1ccc2nc(CF)nc(I)c2c1. The topological polar surface area (TPSA) is 29.0 Å². The monoisotopic (exact) mass is 331 g/mol. The maximum Gasteiger partial charge on any atom is 0.161 e. The maximum atomic E-state index is 12.5. The van der Waals surface area contributed by atoms with Crippen molar-refractivity contribution >= 4 is 39.2 Å². The summed E-state index contributed by atoms with van der Waals surface area (Å²) in [6, 6.07) is 5.88. The lowest BCUT2D eigenvalue weighted by Gasteiger charge is -2.13. The molecule has 0 aliphatic heterocycles. The molecule has 0 fully saturated rings. The van der Waals surface area contributed by atoms with Gasteiger partial charge in [0.2, 0.25) is 0 Å². The lowest BCUT2D eigenvalue weighted by molar-refractivity contribution is 0.466. The highest BCUT2D eigenvalue weighted by molar-refractivity contribution is 14.1. The number of fused-ring (bicyclic) bond motifs is 1. The van der Waals surface area contributed by atoms with E-state index in [1.165, 1.54) is 0 Å². The number of halogens is 2. The van der Waals surface area contributed by atoms with Crippen molar-refractivity contribution < 1.29 is 4.39 Å². The van der Waals surface area contributed by atoms with Crippen LogP contribution in [0.15, 0.2) is 18.2 Å². The molecule has 0 spiro atoms. The van der Waals surface area contributed by atoms with Gasteiger partial charge in [-0.25, -0.2) is 14.4 Å². The lowest BCUT2D eigenvalue weighted by Crippen LogP contribution is -2.08. The van der Waals surface area contributed by atoms with E-state index in [0.29, 0.717) is 0 Å². The number of rotatable bonds is 2. The Kier molecular flexibility index (Phi) is 3.22. The quantitative estimate of drug-likeness (QED) is 0.626. The number of anilines is 1. The van der Waals surface area contributed by atoms with Gasteiger partial charge in [-0.05, 0) is 40.8 Å². The van der Waals surface area contributed by atoms with Gasteiger partial charge in [0, 0.05) is 25.2 Å². The van der Waals surface area contributed by atoms with Crippen LogP contribution in [0.3, 0.4) is 0 Å². The molecule has 0 saturated heterocycles. The molecule has 0 radical (unpaired) electrons. The fourth-order valence-electron chi connectivity index (χ4n) is 1.46. The molecule has 2 rings (SSSR count). The van der Waals surface area contributed by atoms with E-state index in [1.54, 1.807) is 0 Å². The van der Waals surface area contributed by atoms with Gasteiger partial charge in [-0.2, -0.15) is 0 Å². The van der Waals surface area contributed by atoms with Crippen molar-refractivity contribution in [2.45, 2.75) is 6.67 Å². The standard InChI is InChI=1S/C11H11FIN3/c1-16(2)7-3-4-9-8(5-7)11(13)15-10(6-12)14-9/h3-5H,6H2,1-2H3. The minimum absolute atomic E-state index is 0.245. The summed E-state index contributed by atoms with van der Waals surface area (Å²) in [5.74, 6) is 0.245. The van der Waals surface area contributed by atoms with Crippen LogP contribution in [0.2, 0.25) is 0 Å². The van der Waals surface area contributed by atoms with Gasteiger partial charge < -0.3 is 4.90 Å². The average Bonchev–Trinajstić information content (AvgIpc) is 2.28. The van der Waals surface area contributed by atoms with E-state index >= 15 is 0 Å². The highest BCUT2D eigenvalue weighted by Crippen LogP contribution is 2.23. The molecule has 0 N–H and O–H groups in total. The van der Waals surface area contributed by atoms with Crippen LogP contribution in [0.5, 0.6) is 0 Å². The molecule has 0 unspecified atom stereocenters. The molecule has 0 aliphatic carbocycles. The fraction of sp³-hybridized carbons (Fsp3) is 0.273. The zero-order chi connectivity index (χ0) is 11.7. The van der Waals surface area contributed by atoms with E-state index in [4.69, 9.17) is 0 Å². The van der Waals surface area contributed by atoms with Crippen molar-refractivity contribution in [3.05, 3.63) is 27.7 Å². The lowest BCUT2D eigenvalue weighted by atomic mass is 10.2. The Morgan fingerprint density at radius 3 is 2.69 bits per heavy atom. The van der Waals surface area contributed by atoms with Gasteiger partial charge in [-0.3, -0.25) is 0 Å². The van der Waals surface area contributed by atoms with Crippen molar-refractivity contribution in [1.29, 1.82) is 0 Å². The van der Waals surface area contributed by atoms with Crippen LogP contribution in [0, 0.1) is 3.70 Å². The number of hydrogen-bond acceptors (Lipinski definition) is 3. The molecular weight excluding hydrogens is 320 g/mol. The van der Waals surface area contributed by atoms with Crippen molar-refractivity contribution in [2.24, 2.45) is 0 Å². The van der Waals surface area contributed by atoms with Gasteiger partial charge in [-0.1, -0.05) is 0 Å². The second-order valence-electron chi connectivity index (χ2n) is 3.66. The molecule has 5 heteroatoms. The summed E-state index contributed by atoms with van der Waals surface area (Å²) in [7, 11) is 3.95. The number of hydrogen-bond donors (Lipinski definition) is 0. The molecule has 1 aromatic carbocycles. The molecule has 0 aliphatic rings. The molecule has 0 atom stereocenters. The number of nitrogens with zero attached hydrogens (tertiary/aromatic N) is 3. The van der Waals surface area contributed by atoms with Crippen molar-refractivity contribution in [1.82, 2.24) is 9.97 Å². The zero-order valence-corrected chi connectivity index (χ0v) is 11.2. The van der Waals surface area contributed by atoms with Crippen LogP contribution in [0.1, 0.15) is 5.82 Å². The van der Waals surface area contributed by atoms with Gasteiger partial charge in [0.25, 0.3) is 0 Å². The molecule has 0 bridgehead atoms. The largest absolute Gasteiger partial charge is 0.378 e. The van der Waals surface area contributed by atoms with E-state index in [0.717, 1.165) is 20.3 Å². The first-order valence-electron chi connectivity index (χ1n) is 4.81. The van der Waals surface area contributed by atoms with Crippen molar-refractivity contribution in [3.63, 3.8) is 0 Å². The van der Waals surface area contributed by atoms with Gasteiger partial charge >= 0.3 is 0 Å². The molecule has 0 amide bonds.